The minimum absolute atomic E-state index is 0.467. The lowest BCUT2D eigenvalue weighted by molar-refractivity contribution is 0.122. The van der Waals surface area contributed by atoms with E-state index in [1.165, 1.54) is 5.69 Å². The van der Waals surface area contributed by atoms with Crippen LogP contribution in [0.25, 0.3) is 33.4 Å². The Morgan fingerprint density at radius 2 is 1.87 bits per heavy atom. The van der Waals surface area contributed by atoms with E-state index < -0.39 is 0 Å². The van der Waals surface area contributed by atoms with Gasteiger partial charge in [-0.05, 0) is 51.7 Å². The van der Waals surface area contributed by atoms with Crippen molar-refractivity contribution in [2.45, 2.75) is 32.4 Å². The molecule has 9 nitrogen and oxygen atoms in total. The molecule has 0 atom stereocenters. The molecular formula is C29H38N8O. The molecule has 9 heteroatoms. The van der Waals surface area contributed by atoms with E-state index in [9.17, 15) is 0 Å². The van der Waals surface area contributed by atoms with Crippen LogP contribution in [0.1, 0.15) is 31.5 Å². The molecule has 2 aliphatic rings. The van der Waals surface area contributed by atoms with Crippen LogP contribution in [0.3, 0.4) is 0 Å². The van der Waals surface area contributed by atoms with Gasteiger partial charge in [0.1, 0.15) is 5.65 Å². The number of aromatic nitrogens is 5. The number of rotatable bonds is 7. The molecule has 2 saturated heterocycles. The van der Waals surface area contributed by atoms with Crippen molar-refractivity contribution in [3.05, 3.63) is 48.7 Å². The number of morpholine rings is 1. The Bertz CT molecular complexity index is 1380. The van der Waals surface area contributed by atoms with E-state index in [-0.39, 0.29) is 0 Å². The molecule has 0 spiro atoms. The van der Waals surface area contributed by atoms with Crippen LogP contribution in [0.4, 0.5) is 5.69 Å². The van der Waals surface area contributed by atoms with E-state index in [1.54, 1.807) is 0 Å². The number of H-pyrrole nitrogens is 1. The standard InChI is InChI=1S/C29H38N8O/c1-4-35-9-7-23(8-10-35)37-19-22(17-32-37)25-18-31-29-24(25)15-21(16-30-29)26-5-6-28(27(33-26)20-34(2)3)36-11-13-38-14-12-36/h5-6,15-19,23H,4,7-14,20H2,1-3H3,(H,30,31). The zero-order valence-corrected chi connectivity index (χ0v) is 22.7. The molecule has 0 unspecified atom stereocenters. The molecule has 0 aromatic carbocycles. The fraction of sp³-hybridized carbons (Fsp3) is 0.483. The first-order valence-electron chi connectivity index (χ1n) is 13.8. The van der Waals surface area contributed by atoms with Gasteiger partial charge in [-0.3, -0.25) is 4.68 Å². The lowest BCUT2D eigenvalue weighted by Crippen LogP contribution is -2.37. The molecule has 6 heterocycles. The molecule has 2 fully saturated rings. The van der Waals surface area contributed by atoms with Crippen LogP contribution in [0.15, 0.2) is 43.0 Å². The normalized spacial score (nSPS) is 17.6. The third kappa shape index (κ3) is 5.06. The summed E-state index contributed by atoms with van der Waals surface area (Å²) >= 11 is 0. The van der Waals surface area contributed by atoms with Gasteiger partial charge in [-0.2, -0.15) is 5.10 Å². The average Bonchev–Trinajstić information content (AvgIpc) is 3.60. The molecule has 0 aliphatic carbocycles. The highest BCUT2D eigenvalue weighted by atomic mass is 16.5. The third-order valence-corrected chi connectivity index (χ3v) is 7.89. The minimum atomic E-state index is 0.467. The number of likely N-dealkylation sites (tertiary alicyclic amines) is 1. The van der Waals surface area contributed by atoms with Gasteiger partial charge in [-0.15, -0.1) is 0 Å². The van der Waals surface area contributed by atoms with Crippen molar-refractivity contribution >= 4 is 16.7 Å². The van der Waals surface area contributed by atoms with Crippen LogP contribution < -0.4 is 4.90 Å². The summed E-state index contributed by atoms with van der Waals surface area (Å²) in [4.78, 5) is 20.3. The average molecular weight is 515 g/mol. The van der Waals surface area contributed by atoms with Gasteiger partial charge in [0.25, 0.3) is 0 Å². The molecule has 1 N–H and O–H groups in total. The summed E-state index contributed by atoms with van der Waals surface area (Å²) in [6.45, 7) is 9.74. The second-order valence-corrected chi connectivity index (χ2v) is 10.7. The highest BCUT2D eigenvalue weighted by molar-refractivity contribution is 5.95. The molecule has 0 bridgehead atoms. The fourth-order valence-corrected chi connectivity index (χ4v) is 5.72. The quantitative estimate of drug-likeness (QED) is 0.399. The Hall–Kier alpha value is -3.27. The van der Waals surface area contributed by atoms with Crippen molar-refractivity contribution in [2.75, 3.05) is 64.9 Å². The van der Waals surface area contributed by atoms with Gasteiger partial charge in [-0.25, -0.2) is 9.97 Å². The maximum Gasteiger partial charge on any atom is 0.137 e. The molecular weight excluding hydrogens is 476 g/mol. The number of ether oxygens (including phenoxy) is 1. The Kier molecular flexibility index (Phi) is 7.14. The molecule has 0 radical (unpaired) electrons. The predicted molar refractivity (Wildman–Crippen MR) is 151 cm³/mol. The molecule has 200 valence electrons. The van der Waals surface area contributed by atoms with Crippen LogP contribution in [-0.2, 0) is 11.3 Å². The smallest absolute Gasteiger partial charge is 0.137 e. The van der Waals surface area contributed by atoms with Gasteiger partial charge >= 0.3 is 0 Å². The summed E-state index contributed by atoms with van der Waals surface area (Å²) in [5.74, 6) is 0. The zero-order valence-electron chi connectivity index (χ0n) is 22.7. The summed E-state index contributed by atoms with van der Waals surface area (Å²) in [6.07, 6.45) is 10.5. The highest BCUT2D eigenvalue weighted by Gasteiger charge is 2.21. The maximum absolute atomic E-state index is 5.57. The molecule has 2 aliphatic heterocycles. The Labute approximate surface area is 224 Å². The van der Waals surface area contributed by atoms with Crippen molar-refractivity contribution in [1.82, 2.24) is 34.5 Å². The van der Waals surface area contributed by atoms with Crippen LogP contribution >= 0.6 is 0 Å². The van der Waals surface area contributed by atoms with Crippen molar-refractivity contribution < 1.29 is 4.74 Å². The Morgan fingerprint density at radius 3 is 2.63 bits per heavy atom. The predicted octanol–water partition coefficient (Wildman–Crippen LogP) is 4.04. The SMILES string of the molecule is CCN1CCC(n2cc(-c3c[nH]c4ncc(-c5ccc(N6CCOCC6)c(CN(C)C)n5)cc34)cn2)CC1. The van der Waals surface area contributed by atoms with E-state index in [4.69, 9.17) is 19.8 Å². The zero-order chi connectivity index (χ0) is 26.1. The van der Waals surface area contributed by atoms with Crippen molar-refractivity contribution in [2.24, 2.45) is 0 Å². The Morgan fingerprint density at radius 1 is 1.05 bits per heavy atom. The molecule has 4 aromatic heterocycles. The summed E-state index contributed by atoms with van der Waals surface area (Å²) in [5.41, 5.74) is 7.37. The fourth-order valence-electron chi connectivity index (χ4n) is 5.72. The van der Waals surface area contributed by atoms with E-state index in [1.807, 2.05) is 12.4 Å². The number of piperidine rings is 1. The molecule has 0 amide bonds. The van der Waals surface area contributed by atoms with E-state index in [0.29, 0.717) is 6.04 Å². The molecule has 6 rings (SSSR count). The number of fused-ring (bicyclic) bond motifs is 1. The minimum Gasteiger partial charge on any atom is -0.378 e. The summed E-state index contributed by atoms with van der Waals surface area (Å²) < 4.78 is 7.73. The van der Waals surface area contributed by atoms with Crippen LogP contribution in [0, 0.1) is 0 Å². The van der Waals surface area contributed by atoms with Gasteiger partial charge in [0.2, 0.25) is 0 Å². The number of nitrogens with one attached hydrogen (secondary N) is 1. The monoisotopic (exact) mass is 514 g/mol. The first-order chi connectivity index (χ1) is 18.6. The second kappa shape index (κ2) is 10.8. The lowest BCUT2D eigenvalue weighted by Gasteiger charge is -2.31. The van der Waals surface area contributed by atoms with Crippen LogP contribution in [-0.4, -0.2) is 94.6 Å². The van der Waals surface area contributed by atoms with E-state index >= 15 is 0 Å². The van der Waals surface area contributed by atoms with E-state index in [2.05, 4.69) is 76.0 Å². The summed E-state index contributed by atoms with van der Waals surface area (Å²) in [5, 5.41) is 5.85. The number of anilines is 1. The molecule has 4 aromatic rings. The first-order valence-corrected chi connectivity index (χ1v) is 13.8. The third-order valence-electron chi connectivity index (χ3n) is 7.89. The first kappa shape index (κ1) is 25.0. The van der Waals surface area contributed by atoms with Gasteiger partial charge in [-0.1, -0.05) is 6.92 Å². The second-order valence-electron chi connectivity index (χ2n) is 10.7. The number of nitrogens with zero attached hydrogens (tertiary/aromatic N) is 7. The summed E-state index contributed by atoms with van der Waals surface area (Å²) in [7, 11) is 4.18. The van der Waals surface area contributed by atoms with Gasteiger partial charge in [0.05, 0.1) is 42.5 Å². The highest BCUT2D eigenvalue weighted by Crippen LogP contribution is 2.33. The van der Waals surface area contributed by atoms with Gasteiger partial charge < -0.3 is 24.4 Å². The maximum atomic E-state index is 5.57. The Balaban J connectivity index is 1.30. The van der Waals surface area contributed by atoms with Crippen molar-refractivity contribution in [3.8, 4) is 22.4 Å². The number of aromatic amines is 1. The van der Waals surface area contributed by atoms with Crippen LogP contribution in [0.5, 0.6) is 0 Å². The summed E-state index contributed by atoms with van der Waals surface area (Å²) in [6, 6.07) is 7.01. The van der Waals surface area contributed by atoms with Gasteiger partial charge in [0, 0.05) is 73.4 Å². The molecule has 0 saturated carbocycles. The largest absolute Gasteiger partial charge is 0.378 e. The van der Waals surface area contributed by atoms with E-state index in [0.717, 1.165) is 104 Å². The van der Waals surface area contributed by atoms with Crippen molar-refractivity contribution in [1.29, 1.82) is 0 Å². The van der Waals surface area contributed by atoms with Crippen molar-refractivity contribution in [3.63, 3.8) is 0 Å². The topological polar surface area (TPSA) is 78.3 Å². The molecule has 38 heavy (non-hydrogen) atoms. The lowest BCUT2D eigenvalue weighted by atomic mass is 10.0. The van der Waals surface area contributed by atoms with Crippen LogP contribution in [0.2, 0.25) is 0 Å². The number of hydrogen-bond acceptors (Lipinski definition) is 7. The van der Waals surface area contributed by atoms with Gasteiger partial charge in [0.15, 0.2) is 0 Å². The number of pyridine rings is 2. The number of hydrogen-bond donors (Lipinski definition) is 1.